The van der Waals surface area contributed by atoms with Gasteiger partial charge in [0.2, 0.25) is 0 Å². The second-order valence-corrected chi connectivity index (χ2v) is 8.07. The van der Waals surface area contributed by atoms with Crippen LogP contribution in [-0.2, 0) is 13.2 Å². The Kier molecular flexibility index (Phi) is 7.17. The van der Waals surface area contributed by atoms with Gasteiger partial charge in [0.05, 0.1) is 6.61 Å². The van der Waals surface area contributed by atoms with Crippen molar-refractivity contribution in [3.05, 3.63) is 57.0 Å². The van der Waals surface area contributed by atoms with E-state index in [1.54, 1.807) is 0 Å². The van der Waals surface area contributed by atoms with E-state index in [1.165, 1.54) is 0 Å². The van der Waals surface area contributed by atoms with E-state index in [0.717, 1.165) is 27.9 Å². The number of hydrogen-bond acceptors (Lipinski definition) is 3. The molecule has 0 fully saturated rings. The van der Waals surface area contributed by atoms with Crippen molar-refractivity contribution in [1.29, 1.82) is 0 Å². The molecule has 0 unspecified atom stereocenters. The monoisotopic (exact) mass is 425 g/mol. The van der Waals surface area contributed by atoms with Crippen molar-refractivity contribution < 1.29 is 9.47 Å². The van der Waals surface area contributed by atoms with Gasteiger partial charge in [-0.2, -0.15) is 0 Å². The molecular weight excluding hydrogens is 402 g/mol. The lowest BCUT2D eigenvalue weighted by molar-refractivity contribution is 0.268. The van der Waals surface area contributed by atoms with Crippen LogP contribution < -0.4 is 14.8 Å². The molecule has 0 atom stereocenters. The Morgan fingerprint density at radius 1 is 1.04 bits per heavy atom. The zero-order valence-electron chi connectivity index (χ0n) is 15.2. The maximum atomic E-state index is 6.20. The highest BCUT2D eigenvalue weighted by Crippen LogP contribution is 2.35. The van der Waals surface area contributed by atoms with Gasteiger partial charge >= 0.3 is 0 Å². The first-order valence-corrected chi connectivity index (χ1v) is 9.53. The van der Waals surface area contributed by atoms with E-state index in [0.29, 0.717) is 24.0 Å². The molecule has 0 spiro atoms. The van der Waals surface area contributed by atoms with Crippen LogP contribution in [0, 0.1) is 0 Å². The molecule has 0 bridgehead atoms. The van der Waals surface area contributed by atoms with Crippen molar-refractivity contribution in [1.82, 2.24) is 5.32 Å². The Bertz CT molecular complexity index is 713. The fraction of sp³-hybridized carbons (Fsp3) is 0.400. The Morgan fingerprint density at radius 3 is 2.36 bits per heavy atom. The molecular formula is C20H25BrClNO2. The summed E-state index contributed by atoms with van der Waals surface area (Å²) in [5, 5.41) is 4.19. The predicted octanol–water partition coefficient (Wildman–Crippen LogP) is 5.97. The lowest BCUT2D eigenvalue weighted by atomic mass is 10.1. The zero-order chi connectivity index (χ0) is 18.4. The van der Waals surface area contributed by atoms with Gasteiger partial charge in [0, 0.05) is 27.1 Å². The largest absolute Gasteiger partial charge is 0.490 e. The molecule has 0 aromatic heterocycles. The third-order valence-electron chi connectivity index (χ3n) is 3.56. The molecule has 2 aromatic rings. The second kappa shape index (κ2) is 8.93. The fourth-order valence-electron chi connectivity index (χ4n) is 2.23. The van der Waals surface area contributed by atoms with Gasteiger partial charge in [-0.05, 0) is 51.5 Å². The van der Waals surface area contributed by atoms with E-state index in [1.807, 2.05) is 43.3 Å². The summed E-state index contributed by atoms with van der Waals surface area (Å²) in [5.74, 6) is 1.44. The highest BCUT2D eigenvalue weighted by atomic mass is 79.9. The van der Waals surface area contributed by atoms with Crippen LogP contribution in [0.2, 0.25) is 5.02 Å². The summed E-state index contributed by atoms with van der Waals surface area (Å²) in [6, 6.07) is 11.7. The highest BCUT2D eigenvalue weighted by Gasteiger charge is 2.14. The summed E-state index contributed by atoms with van der Waals surface area (Å²) in [5.41, 5.74) is 2.12. The minimum Gasteiger partial charge on any atom is -0.490 e. The van der Waals surface area contributed by atoms with Crippen LogP contribution in [0.1, 0.15) is 38.8 Å². The summed E-state index contributed by atoms with van der Waals surface area (Å²) in [6.45, 7) is 10.1. The molecule has 1 N–H and O–H groups in total. The van der Waals surface area contributed by atoms with Gasteiger partial charge in [0.1, 0.15) is 6.61 Å². The van der Waals surface area contributed by atoms with Crippen molar-refractivity contribution >= 4 is 27.5 Å². The maximum absolute atomic E-state index is 6.20. The number of ether oxygens (including phenoxy) is 2. The van der Waals surface area contributed by atoms with E-state index in [4.69, 9.17) is 21.1 Å². The summed E-state index contributed by atoms with van der Waals surface area (Å²) < 4.78 is 12.7. The quantitative estimate of drug-likeness (QED) is 0.592. The molecule has 25 heavy (non-hydrogen) atoms. The van der Waals surface area contributed by atoms with Gasteiger partial charge in [-0.3, -0.25) is 0 Å². The average molecular weight is 427 g/mol. The lowest BCUT2D eigenvalue weighted by Gasteiger charge is -2.22. The Balaban J connectivity index is 2.19. The van der Waals surface area contributed by atoms with Crippen molar-refractivity contribution in [2.45, 2.75) is 46.4 Å². The molecule has 136 valence electrons. The van der Waals surface area contributed by atoms with Gasteiger partial charge in [-0.1, -0.05) is 45.7 Å². The molecule has 0 aliphatic rings. The first kappa shape index (κ1) is 20.1. The number of nitrogens with one attached hydrogen (secondary N) is 1. The van der Waals surface area contributed by atoms with E-state index >= 15 is 0 Å². The molecule has 2 aromatic carbocycles. The SMILES string of the molecule is CCOc1cc(CNC(C)(C)C)c(Br)cc1OCc1ccccc1Cl. The zero-order valence-corrected chi connectivity index (χ0v) is 17.5. The number of rotatable bonds is 7. The fourth-order valence-corrected chi connectivity index (χ4v) is 2.88. The molecule has 5 heteroatoms. The normalized spacial score (nSPS) is 11.4. The minimum atomic E-state index is 0.0461. The third kappa shape index (κ3) is 6.21. The van der Waals surface area contributed by atoms with Crippen molar-refractivity contribution in [3.63, 3.8) is 0 Å². The smallest absolute Gasteiger partial charge is 0.162 e. The standard InChI is InChI=1S/C20H25BrClNO2/c1-5-24-18-10-15(12-23-20(2,3)4)16(21)11-19(18)25-13-14-8-6-7-9-17(14)22/h6-11,23H,5,12-13H2,1-4H3. The summed E-state index contributed by atoms with van der Waals surface area (Å²) in [7, 11) is 0. The second-order valence-electron chi connectivity index (χ2n) is 6.81. The maximum Gasteiger partial charge on any atom is 0.162 e. The van der Waals surface area contributed by atoms with Gasteiger partial charge in [-0.25, -0.2) is 0 Å². The van der Waals surface area contributed by atoms with Crippen molar-refractivity contribution in [2.75, 3.05) is 6.61 Å². The van der Waals surface area contributed by atoms with Crippen LogP contribution >= 0.6 is 27.5 Å². The average Bonchev–Trinajstić information content (AvgIpc) is 2.54. The van der Waals surface area contributed by atoms with Crippen LogP contribution in [-0.4, -0.2) is 12.1 Å². The summed E-state index contributed by atoms with van der Waals surface area (Å²) >= 11 is 9.84. The van der Waals surface area contributed by atoms with E-state index in [9.17, 15) is 0 Å². The van der Waals surface area contributed by atoms with Gasteiger partial charge < -0.3 is 14.8 Å². The van der Waals surface area contributed by atoms with E-state index < -0.39 is 0 Å². The molecule has 0 radical (unpaired) electrons. The first-order chi connectivity index (χ1) is 11.8. The van der Waals surface area contributed by atoms with Crippen LogP contribution in [0.5, 0.6) is 11.5 Å². The predicted molar refractivity (Wildman–Crippen MR) is 108 cm³/mol. The molecule has 0 aliphatic carbocycles. The van der Waals surface area contributed by atoms with E-state index in [2.05, 4.69) is 42.0 Å². The number of hydrogen-bond donors (Lipinski definition) is 1. The number of benzene rings is 2. The summed E-state index contributed by atoms with van der Waals surface area (Å²) in [6.07, 6.45) is 0. The third-order valence-corrected chi connectivity index (χ3v) is 4.67. The Labute approximate surface area is 163 Å². The van der Waals surface area contributed by atoms with Gasteiger partial charge in [-0.15, -0.1) is 0 Å². The Hall–Kier alpha value is -1.23. The van der Waals surface area contributed by atoms with Gasteiger partial charge in [0.15, 0.2) is 11.5 Å². The number of halogens is 2. The molecule has 2 rings (SSSR count). The van der Waals surface area contributed by atoms with Crippen LogP contribution in [0.25, 0.3) is 0 Å². The van der Waals surface area contributed by atoms with Crippen LogP contribution in [0.4, 0.5) is 0 Å². The molecule has 0 heterocycles. The Morgan fingerprint density at radius 2 is 1.72 bits per heavy atom. The van der Waals surface area contributed by atoms with Crippen molar-refractivity contribution in [3.8, 4) is 11.5 Å². The first-order valence-electron chi connectivity index (χ1n) is 8.36. The lowest BCUT2D eigenvalue weighted by Crippen LogP contribution is -2.35. The van der Waals surface area contributed by atoms with Crippen molar-refractivity contribution in [2.24, 2.45) is 0 Å². The molecule has 3 nitrogen and oxygen atoms in total. The van der Waals surface area contributed by atoms with Gasteiger partial charge in [0.25, 0.3) is 0 Å². The molecule has 0 amide bonds. The van der Waals surface area contributed by atoms with Crippen LogP contribution in [0.15, 0.2) is 40.9 Å². The van der Waals surface area contributed by atoms with Crippen LogP contribution in [0.3, 0.4) is 0 Å². The topological polar surface area (TPSA) is 30.5 Å². The van der Waals surface area contributed by atoms with E-state index in [-0.39, 0.29) is 5.54 Å². The highest BCUT2D eigenvalue weighted by molar-refractivity contribution is 9.10. The summed E-state index contributed by atoms with van der Waals surface area (Å²) in [4.78, 5) is 0. The minimum absolute atomic E-state index is 0.0461. The molecule has 0 saturated heterocycles. The molecule has 0 saturated carbocycles. The molecule has 0 aliphatic heterocycles.